The highest BCUT2D eigenvalue weighted by atomic mass is 19.1. The monoisotopic (exact) mass is 211 g/mol. The molecule has 0 aliphatic carbocycles. The number of hydrogen-bond acceptors (Lipinski definition) is 3. The van der Waals surface area contributed by atoms with E-state index in [-0.39, 0.29) is 5.69 Å². The minimum absolute atomic E-state index is 0.255. The Labute approximate surface area is 88.0 Å². The zero-order chi connectivity index (χ0) is 11.6. The Morgan fingerprint density at radius 1 is 1.47 bits per heavy atom. The number of ether oxygens (including phenoxy) is 1. The summed E-state index contributed by atoms with van der Waals surface area (Å²) >= 11 is 0. The maximum absolute atomic E-state index is 13.6. The number of rotatable bonds is 2. The zero-order valence-corrected chi connectivity index (χ0v) is 9.00. The van der Waals surface area contributed by atoms with Gasteiger partial charge in [-0.05, 0) is 26.0 Å². The van der Waals surface area contributed by atoms with Crippen molar-refractivity contribution in [2.24, 2.45) is 0 Å². The molecule has 0 aromatic heterocycles. The average Bonchev–Trinajstić information content (AvgIpc) is 2.14. The number of benzene rings is 1. The van der Waals surface area contributed by atoms with Gasteiger partial charge in [0, 0.05) is 11.3 Å². The van der Waals surface area contributed by atoms with Crippen molar-refractivity contribution < 1.29 is 13.9 Å². The molecular weight excluding hydrogens is 197 g/mol. The number of hydrogen-bond donors (Lipinski definition) is 1. The first-order valence-electron chi connectivity index (χ1n) is 4.53. The van der Waals surface area contributed by atoms with Crippen molar-refractivity contribution in [2.45, 2.75) is 19.5 Å². The molecule has 1 aromatic carbocycles. The van der Waals surface area contributed by atoms with E-state index in [0.717, 1.165) is 0 Å². The molecule has 0 saturated carbocycles. The number of anilines is 1. The maximum atomic E-state index is 13.6. The molecule has 0 saturated heterocycles. The van der Waals surface area contributed by atoms with Gasteiger partial charge in [0.05, 0.1) is 12.7 Å². The number of carbonyl (C=O) groups is 1. The van der Waals surface area contributed by atoms with E-state index in [1.807, 2.05) is 0 Å². The molecule has 3 nitrogen and oxygen atoms in total. The van der Waals surface area contributed by atoms with E-state index in [2.05, 4.69) is 4.74 Å². The molecule has 0 aliphatic rings. The molecule has 2 N–H and O–H groups in total. The van der Waals surface area contributed by atoms with Crippen LogP contribution in [0.3, 0.4) is 0 Å². The summed E-state index contributed by atoms with van der Waals surface area (Å²) in [5.74, 6) is -0.482. The van der Waals surface area contributed by atoms with E-state index in [4.69, 9.17) is 5.73 Å². The predicted molar refractivity (Wildman–Crippen MR) is 56.3 cm³/mol. The van der Waals surface area contributed by atoms with Gasteiger partial charge in [-0.25, -0.2) is 9.18 Å². The van der Waals surface area contributed by atoms with Gasteiger partial charge in [0.25, 0.3) is 0 Å². The molecule has 0 unspecified atom stereocenters. The van der Waals surface area contributed by atoms with Crippen LogP contribution in [0.1, 0.15) is 29.8 Å². The Hall–Kier alpha value is -1.58. The predicted octanol–water partition coefficient (Wildman–Crippen LogP) is 2.26. The third-order valence-corrected chi connectivity index (χ3v) is 2.11. The third kappa shape index (κ3) is 2.46. The molecule has 0 atom stereocenters. The number of esters is 1. The van der Waals surface area contributed by atoms with Crippen LogP contribution in [0.15, 0.2) is 18.2 Å². The summed E-state index contributed by atoms with van der Waals surface area (Å²) in [4.78, 5) is 11.2. The van der Waals surface area contributed by atoms with Crippen LogP contribution in [-0.2, 0) is 10.4 Å². The summed E-state index contributed by atoms with van der Waals surface area (Å²) in [5, 5.41) is 0. The van der Waals surface area contributed by atoms with Gasteiger partial charge in [-0.3, -0.25) is 0 Å². The van der Waals surface area contributed by atoms with E-state index in [1.54, 1.807) is 0 Å². The van der Waals surface area contributed by atoms with Gasteiger partial charge in [0.15, 0.2) is 0 Å². The van der Waals surface area contributed by atoms with Crippen LogP contribution in [0.2, 0.25) is 0 Å². The molecular formula is C11H14FNO2. The highest BCUT2D eigenvalue weighted by molar-refractivity contribution is 5.90. The fourth-order valence-electron chi connectivity index (χ4n) is 1.35. The van der Waals surface area contributed by atoms with Gasteiger partial charge in [-0.1, -0.05) is 6.07 Å². The van der Waals surface area contributed by atoms with Gasteiger partial charge in [0.1, 0.15) is 5.67 Å². The molecule has 1 aromatic rings. The number of methoxy groups -OCH3 is 1. The molecule has 0 aliphatic heterocycles. The molecule has 0 spiro atoms. The number of alkyl halides is 1. The lowest BCUT2D eigenvalue weighted by atomic mass is 9.97. The van der Waals surface area contributed by atoms with Gasteiger partial charge in [0.2, 0.25) is 0 Å². The number of halogens is 1. The second-order valence-electron chi connectivity index (χ2n) is 3.77. The molecule has 0 fully saturated rings. The summed E-state index contributed by atoms with van der Waals surface area (Å²) in [5.41, 5.74) is 5.08. The fourth-order valence-corrected chi connectivity index (χ4v) is 1.35. The smallest absolute Gasteiger partial charge is 0.337 e. The van der Waals surface area contributed by atoms with Crippen molar-refractivity contribution in [2.75, 3.05) is 12.8 Å². The SMILES string of the molecule is COC(=O)c1ccc(C(C)(C)F)c(N)c1. The van der Waals surface area contributed by atoms with Crippen LogP contribution in [-0.4, -0.2) is 13.1 Å². The molecule has 0 bridgehead atoms. The van der Waals surface area contributed by atoms with Gasteiger partial charge in [-0.2, -0.15) is 0 Å². The van der Waals surface area contributed by atoms with E-state index >= 15 is 0 Å². The van der Waals surface area contributed by atoms with Gasteiger partial charge >= 0.3 is 5.97 Å². The molecule has 1 rings (SSSR count). The topological polar surface area (TPSA) is 52.3 Å². The van der Waals surface area contributed by atoms with E-state index in [9.17, 15) is 9.18 Å². The first-order chi connectivity index (χ1) is 6.86. The van der Waals surface area contributed by atoms with Crippen molar-refractivity contribution in [1.29, 1.82) is 0 Å². The minimum Gasteiger partial charge on any atom is -0.465 e. The molecule has 0 radical (unpaired) electrons. The van der Waals surface area contributed by atoms with E-state index in [0.29, 0.717) is 11.1 Å². The van der Waals surface area contributed by atoms with Crippen molar-refractivity contribution in [3.05, 3.63) is 29.3 Å². The summed E-state index contributed by atoms with van der Waals surface area (Å²) < 4.78 is 18.1. The molecule has 0 amide bonds. The molecule has 15 heavy (non-hydrogen) atoms. The van der Waals surface area contributed by atoms with Crippen LogP contribution < -0.4 is 5.73 Å². The summed E-state index contributed by atoms with van der Waals surface area (Å²) in [6.45, 7) is 2.83. The standard InChI is InChI=1S/C11H14FNO2/c1-11(2,12)8-5-4-7(6-9(8)13)10(14)15-3/h4-6H,13H2,1-3H3. The lowest BCUT2D eigenvalue weighted by molar-refractivity contribution is 0.0600. The normalized spacial score (nSPS) is 11.2. The Kier molecular flexibility index (Phi) is 2.98. The highest BCUT2D eigenvalue weighted by Crippen LogP contribution is 2.30. The van der Waals surface area contributed by atoms with Gasteiger partial charge < -0.3 is 10.5 Å². The highest BCUT2D eigenvalue weighted by Gasteiger charge is 2.22. The largest absolute Gasteiger partial charge is 0.465 e. The van der Waals surface area contributed by atoms with Crippen LogP contribution in [0.25, 0.3) is 0 Å². The van der Waals surface area contributed by atoms with Gasteiger partial charge in [-0.15, -0.1) is 0 Å². The Morgan fingerprint density at radius 3 is 2.47 bits per heavy atom. The van der Waals surface area contributed by atoms with Crippen LogP contribution in [0.4, 0.5) is 10.1 Å². The second kappa shape index (κ2) is 3.88. The van der Waals surface area contributed by atoms with Crippen LogP contribution in [0.5, 0.6) is 0 Å². The Morgan fingerprint density at radius 2 is 2.07 bits per heavy atom. The van der Waals surface area contributed by atoms with E-state index in [1.165, 1.54) is 39.2 Å². The number of carbonyl (C=O) groups excluding carboxylic acids is 1. The molecule has 82 valence electrons. The summed E-state index contributed by atoms with van der Waals surface area (Å²) in [7, 11) is 1.28. The number of nitrogen functional groups attached to an aromatic ring is 1. The quantitative estimate of drug-likeness (QED) is 0.603. The fraction of sp³-hybridized carbons (Fsp3) is 0.364. The Bertz CT molecular complexity index is 383. The average molecular weight is 211 g/mol. The Balaban J connectivity index is 3.15. The zero-order valence-electron chi connectivity index (χ0n) is 9.00. The lowest BCUT2D eigenvalue weighted by Gasteiger charge is -2.17. The van der Waals surface area contributed by atoms with Crippen molar-refractivity contribution in [3.8, 4) is 0 Å². The van der Waals surface area contributed by atoms with Crippen molar-refractivity contribution >= 4 is 11.7 Å². The summed E-state index contributed by atoms with van der Waals surface area (Å²) in [6.07, 6.45) is 0. The molecule has 4 heteroatoms. The summed E-state index contributed by atoms with van der Waals surface area (Å²) in [6, 6.07) is 4.42. The molecule has 0 heterocycles. The van der Waals surface area contributed by atoms with Crippen LogP contribution >= 0.6 is 0 Å². The second-order valence-corrected chi connectivity index (χ2v) is 3.77. The lowest BCUT2D eigenvalue weighted by Crippen LogP contribution is -2.13. The first kappa shape index (κ1) is 11.5. The van der Waals surface area contributed by atoms with E-state index < -0.39 is 11.6 Å². The minimum atomic E-state index is -1.52. The van der Waals surface area contributed by atoms with Crippen molar-refractivity contribution in [1.82, 2.24) is 0 Å². The maximum Gasteiger partial charge on any atom is 0.337 e. The number of nitrogens with two attached hydrogens (primary N) is 1. The first-order valence-corrected chi connectivity index (χ1v) is 4.53. The third-order valence-electron chi connectivity index (χ3n) is 2.11. The van der Waals surface area contributed by atoms with Crippen LogP contribution in [0, 0.1) is 0 Å². The van der Waals surface area contributed by atoms with Crippen molar-refractivity contribution in [3.63, 3.8) is 0 Å².